The van der Waals surface area contributed by atoms with Crippen molar-refractivity contribution in [2.24, 2.45) is 4.99 Å². The fraction of sp³-hybridized carbons (Fsp3) is 0.909. The van der Waals surface area contributed by atoms with Crippen LogP contribution in [0, 0.1) is 0 Å². The lowest BCUT2D eigenvalue weighted by molar-refractivity contribution is -0.135. The second kappa shape index (κ2) is 11.7. The van der Waals surface area contributed by atoms with Crippen molar-refractivity contribution >= 4 is 11.9 Å². The molecule has 29 heavy (non-hydrogen) atoms. The first-order valence-electron chi connectivity index (χ1n) is 11.6. The smallest absolute Gasteiger partial charge is 0.239 e. The third-order valence-corrected chi connectivity index (χ3v) is 6.35. The van der Waals surface area contributed by atoms with Crippen LogP contribution in [0.25, 0.3) is 0 Å². The first kappa shape index (κ1) is 23.9. The Bertz CT molecular complexity index is 513. The Morgan fingerprint density at radius 1 is 0.931 bits per heavy atom. The van der Waals surface area contributed by atoms with Crippen molar-refractivity contribution in [2.45, 2.75) is 72.0 Å². The van der Waals surface area contributed by atoms with Crippen molar-refractivity contribution in [3.8, 4) is 0 Å². The number of amides is 1. The number of nitrogens with one attached hydrogen (secondary N) is 1. The molecule has 2 saturated heterocycles. The first-order chi connectivity index (χ1) is 13.8. The molecule has 2 heterocycles. The zero-order valence-corrected chi connectivity index (χ0v) is 19.7. The van der Waals surface area contributed by atoms with Gasteiger partial charge < -0.3 is 15.1 Å². The number of guanidine groups is 1. The molecule has 168 valence electrons. The maximum atomic E-state index is 12.7. The van der Waals surface area contributed by atoms with Crippen LogP contribution in [-0.2, 0) is 4.79 Å². The molecule has 0 saturated carbocycles. The second-order valence-corrected chi connectivity index (χ2v) is 8.98. The number of aliphatic imine (C=N–C) groups is 1. The van der Waals surface area contributed by atoms with Gasteiger partial charge in [-0.05, 0) is 53.9 Å². The minimum absolute atomic E-state index is 0.0109. The summed E-state index contributed by atoms with van der Waals surface area (Å²) < 4.78 is 0. The summed E-state index contributed by atoms with van der Waals surface area (Å²) in [5.74, 6) is 1.29. The Labute approximate surface area is 178 Å². The van der Waals surface area contributed by atoms with Crippen LogP contribution in [0.4, 0.5) is 0 Å². The molecule has 0 spiro atoms. The standard InChI is InChI=1S/C22H44N6O/c1-18(2)28(19(3)4)13-9-10-24-22(23-6)27-16-14-25(15-17-27)20(5)21(29)26-11-7-8-12-26/h18-20H,7-17H2,1-6H3,(H,23,24). The van der Waals surface area contributed by atoms with Crippen molar-refractivity contribution in [1.82, 2.24) is 24.9 Å². The highest BCUT2D eigenvalue weighted by Gasteiger charge is 2.30. The summed E-state index contributed by atoms with van der Waals surface area (Å²) in [5, 5.41) is 3.54. The van der Waals surface area contributed by atoms with Crippen LogP contribution in [0.5, 0.6) is 0 Å². The highest BCUT2D eigenvalue weighted by atomic mass is 16.2. The van der Waals surface area contributed by atoms with Gasteiger partial charge in [0.1, 0.15) is 0 Å². The van der Waals surface area contributed by atoms with E-state index in [0.717, 1.165) is 77.6 Å². The molecule has 2 fully saturated rings. The average Bonchev–Trinajstić information content (AvgIpc) is 3.24. The van der Waals surface area contributed by atoms with Gasteiger partial charge in [0.05, 0.1) is 6.04 Å². The van der Waals surface area contributed by atoms with E-state index in [1.165, 1.54) is 0 Å². The zero-order chi connectivity index (χ0) is 21.4. The van der Waals surface area contributed by atoms with E-state index >= 15 is 0 Å². The lowest BCUT2D eigenvalue weighted by atomic mass is 10.2. The van der Waals surface area contributed by atoms with Crippen LogP contribution in [0.3, 0.4) is 0 Å². The van der Waals surface area contributed by atoms with Gasteiger partial charge in [-0.2, -0.15) is 0 Å². The van der Waals surface area contributed by atoms with Gasteiger partial charge in [-0.25, -0.2) is 0 Å². The van der Waals surface area contributed by atoms with Gasteiger partial charge in [0.25, 0.3) is 0 Å². The molecule has 0 aromatic heterocycles. The first-order valence-corrected chi connectivity index (χ1v) is 11.6. The summed E-state index contributed by atoms with van der Waals surface area (Å²) in [5.41, 5.74) is 0. The summed E-state index contributed by atoms with van der Waals surface area (Å²) >= 11 is 0. The molecule has 1 N–H and O–H groups in total. The van der Waals surface area contributed by atoms with E-state index in [-0.39, 0.29) is 6.04 Å². The minimum atomic E-state index is -0.0109. The summed E-state index contributed by atoms with van der Waals surface area (Å²) in [6, 6.07) is 1.14. The Morgan fingerprint density at radius 3 is 2.03 bits per heavy atom. The number of hydrogen-bond donors (Lipinski definition) is 1. The average molecular weight is 409 g/mol. The maximum Gasteiger partial charge on any atom is 0.239 e. The van der Waals surface area contributed by atoms with E-state index in [4.69, 9.17) is 0 Å². The van der Waals surface area contributed by atoms with E-state index in [0.29, 0.717) is 18.0 Å². The van der Waals surface area contributed by atoms with Gasteiger partial charge in [-0.1, -0.05) is 0 Å². The molecule has 1 atom stereocenters. The molecule has 2 rings (SSSR count). The molecule has 0 bridgehead atoms. The van der Waals surface area contributed by atoms with Crippen LogP contribution < -0.4 is 5.32 Å². The van der Waals surface area contributed by atoms with E-state index in [1.54, 1.807) is 0 Å². The Balaban J connectivity index is 1.73. The molecule has 0 radical (unpaired) electrons. The van der Waals surface area contributed by atoms with E-state index in [1.807, 2.05) is 11.9 Å². The van der Waals surface area contributed by atoms with Gasteiger partial charge in [0.15, 0.2) is 5.96 Å². The monoisotopic (exact) mass is 408 g/mol. The van der Waals surface area contributed by atoms with Crippen molar-refractivity contribution in [1.29, 1.82) is 0 Å². The van der Waals surface area contributed by atoms with Crippen LogP contribution in [0.2, 0.25) is 0 Å². The lowest BCUT2D eigenvalue weighted by Crippen LogP contribution is -2.57. The number of carbonyl (C=O) groups excluding carboxylic acids is 1. The third-order valence-electron chi connectivity index (χ3n) is 6.35. The molecule has 2 aliphatic heterocycles. The number of nitrogens with zero attached hydrogens (tertiary/aromatic N) is 5. The van der Waals surface area contributed by atoms with Crippen LogP contribution in [0.15, 0.2) is 4.99 Å². The minimum Gasteiger partial charge on any atom is -0.356 e. The molecule has 0 aromatic rings. The van der Waals surface area contributed by atoms with Gasteiger partial charge in [-0.3, -0.25) is 19.6 Å². The molecule has 0 aromatic carbocycles. The number of rotatable bonds is 8. The van der Waals surface area contributed by atoms with Crippen molar-refractivity contribution in [2.75, 3.05) is 59.4 Å². The number of hydrogen-bond acceptors (Lipinski definition) is 4. The predicted octanol–water partition coefficient (Wildman–Crippen LogP) is 1.70. The topological polar surface area (TPSA) is 54.4 Å². The molecule has 7 heteroatoms. The molecule has 0 aliphatic carbocycles. The van der Waals surface area contributed by atoms with Crippen molar-refractivity contribution < 1.29 is 4.79 Å². The summed E-state index contributed by atoms with van der Waals surface area (Å²) in [6.45, 7) is 18.7. The Hall–Kier alpha value is -1.34. The van der Waals surface area contributed by atoms with Gasteiger partial charge >= 0.3 is 0 Å². The summed E-state index contributed by atoms with van der Waals surface area (Å²) in [6.07, 6.45) is 3.41. The quantitative estimate of drug-likeness (QED) is 0.376. The van der Waals surface area contributed by atoms with Gasteiger partial charge in [0, 0.05) is 71.5 Å². The van der Waals surface area contributed by atoms with Crippen LogP contribution in [0.1, 0.15) is 53.9 Å². The highest BCUT2D eigenvalue weighted by Crippen LogP contribution is 2.14. The number of likely N-dealkylation sites (tertiary alicyclic amines) is 1. The Morgan fingerprint density at radius 2 is 1.52 bits per heavy atom. The molecule has 7 nitrogen and oxygen atoms in total. The predicted molar refractivity (Wildman–Crippen MR) is 121 cm³/mol. The van der Waals surface area contributed by atoms with E-state index in [9.17, 15) is 4.79 Å². The lowest BCUT2D eigenvalue weighted by Gasteiger charge is -2.39. The summed E-state index contributed by atoms with van der Waals surface area (Å²) in [4.78, 5) is 26.4. The van der Waals surface area contributed by atoms with Crippen molar-refractivity contribution in [3.05, 3.63) is 0 Å². The summed E-state index contributed by atoms with van der Waals surface area (Å²) in [7, 11) is 1.86. The number of carbonyl (C=O) groups is 1. The van der Waals surface area contributed by atoms with Gasteiger partial charge in [0.2, 0.25) is 5.91 Å². The molecule has 1 unspecified atom stereocenters. The third kappa shape index (κ3) is 6.85. The van der Waals surface area contributed by atoms with Crippen molar-refractivity contribution in [3.63, 3.8) is 0 Å². The molecule has 1 amide bonds. The SMILES string of the molecule is CN=C(NCCCN(C(C)C)C(C)C)N1CCN(C(C)C(=O)N2CCCC2)CC1. The Kier molecular flexibility index (Phi) is 9.69. The van der Waals surface area contributed by atoms with Crippen LogP contribution in [-0.4, -0.2) is 109 Å². The number of piperazine rings is 1. The largest absolute Gasteiger partial charge is 0.356 e. The normalized spacial score (nSPS) is 20.2. The molecule has 2 aliphatic rings. The zero-order valence-electron chi connectivity index (χ0n) is 19.7. The van der Waals surface area contributed by atoms with Crippen LogP contribution >= 0.6 is 0 Å². The van der Waals surface area contributed by atoms with Gasteiger partial charge in [-0.15, -0.1) is 0 Å². The fourth-order valence-corrected chi connectivity index (χ4v) is 4.59. The fourth-order valence-electron chi connectivity index (χ4n) is 4.59. The van der Waals surface area contributed by atoms with E-state index in [2.05, 4.69) is 59.6 Å². The van der Waals surface area contributed by atoms with E-state index < -0.39 is 0 Å². The highest BCUT2D eigenvalue weighted by molar-refractivity contribution is 5.82. The molecular weight excluding hydrogens is 364 g/mol. The molecular formula is C22H44N6O. The maximum absolute atomic E-state index is 12.7. The second-order valence-electron chi connectivity index (χ2n) is 8.98.